The monoisotopic (exact) mass is 527 g/mol. The Hall–Kier alpha value is -2.27. The fourth-order valence-electron chi connectivity index (χ4n) is 5.05. The highest BCUT2D eigenvalue weighted by atomic mass is 35.5. The Labute approximate surface area is 209 Å². The SMILES string of the molecule is NCC(=O)NC[C@@]1(O)C2CC[C@H]1C[C@H](Sc1cc(C(=O)Nc3cc(F)c(F)c(F)c3)ccc1Cl)C2. The maximum Gasteiger partial charge on any atom is 0.255 e. The van der Waals surface area contributed by atoms with Gasteiger partial charge in [-0.25, -0.2) is 13.2 Å². The molecular weight excluding hydrogens is 503 g/mol. The van der Waals surface area contributed by atoms with Crippen LogP contribution in [0.5, 0.6) is 0 Å². The number of anilines is 1. The van der Waals surface area contributed by atoms with E-state index in [0.717, 1.165) is 25.7 Å². The van der Waals surface area contributed by atoms with Crippen molar-refractivity contribution in [2.45, 2.75) is 41.4 Å². The van der Waals surface area contributed by atoms with Crippen molar-refractivity contribution in [3.8, 4) is 0 Å². The number of hydrogen-bond acceptors (Lipinski definition) is 5. The number of benzene rings is 2. The first-order chi connectivity index (χ1) is 16.6. The molecule has 4 rings (SSSR count). The van der Waals surface area contributed by atoms with Crippen LogP contribution in [-0.2, 0) is 4.79 Å². The van der Waals surface area contributed by atoms with Crippen molar-refractivity contribution in [3.05, 3.63) is 58.4 Å². The van der Waals surface area contributed by atoms with E-state index in [1.807, 2.05) is 0 Å². The van der Waals surface area contributed by atoms with Gasteiger partial charge in [0, 0.05) is 40.1 Å². The van der Waals surface area contributed by atoms with Gasteiger partial charge in [0.15, 0.2) is 17.5 Å². The number of fused-ring (bicyclic) bond motifs is 2. The first-order valence-electron chi connectivity index (χ1n) is 11.2. The average molecular weight is 528 g/mol. The van der Waals surface area contributed by atoms with E-state index in [2.05, 4.69) is 10.6 Å². The van der Waals surface area contributed by atoms with Crippen LogP contribution in [0.4, 0.5) is 18.9 Å². The second-order valence-electron chi connectivity index (χ2n) is 9.01. The third-order valence-electron chi connectivity index (χ3n) is 6.86. The molecule has 0 radical (unpaired) electrons. The van der Waals surface area contributed by atoms with Crippen LogP contribution in [0.3, 0.4) is 0 Å². The Morgan fingerprint density at radius 3 is 2.34 bits per heavy atom. The van der Waals surface area contributed by atoms with Gasteiger partial charge < -0.3 is 21.5 Å². The van der Waals surface area contributed by atoms with Gasteiger partial charge in [-0.2, -0.15) is 0 Å². The molecule has 188 valence electrons. The predicted molar refractivity (Wildman–Crippen MR) is 128 cm³/mol. The summed E-state index contributed by atoms with van der Waals surface area (Å²) < 4.78 is 40.1. The van der Waals surface area contributed by atoms with Crippen molar-refractivity contribution in [1.29, 1.82) is 0 Å². The normalized spacial score (nSPS) is 25.4. The van der Waals surface area contributed by atoms with Crippen LogP contribution >= 0.6 is 23.4 Å². The van der Waals surface area contributed by atoms with Gasteiger partial charge in [-0.15, -0.1) is 11.8 Å². The molecule has 2 bridgehead atoms. The lowest BCUT2D eigenvalue weighted by atomic mass is 9.74. The van der Waals surface area contributed by atoms with Gasteiger partial charge in [0.2, 0.25) is 5.91 Å². The summed E-state index contributed by atoms with van der Waals surface area (Å²) in [7, 11) is 0. The van der Waals surface area contributed by atoms with Crippen molar-refractivity contribution in [2.24, 2.45) is 17.6 Å². The first kappa shape index (κ1) is 25.8. The van der Waals surface area contributed by atoms with Gasteiger partial charge in [0.05, 0.1) is 17.2 Å². The fraction of sp³-hybridized carbons (Fsp3) is 0.417. The molecule has 2 aromatic rings. The second kappa shape index (κ2) is 10.4. The molecule has 1 unspecified atom stereocenters. The molecule has 2 saturated carbocycles. The predicted octanol–water partition coefficient (Wildman–Crippen LogP) is 4.10. The number of carbonyl (C=O) groups excluding carboxylic acids is 2. The highest BCUT2D eigenvalue weighted by Crippen LogP contribution is 2.53. The lowest BCUT2D eigenvalue weighted by Gasteiger charge is -2.42. The number of amides is 2. The first-order valence-corrected chi connectivity index (χ1v) is 12.5. The van der Waals surface area contributed by atoms with Crippen molar-refractivity contribution in [1.82, 2.24) is 5.32 Å². The molecule has 0 saturated heterocycles. The van der Waals surface area contributed by atoms with Crippen molar-refractivity contribution < 1.29 is 27.9 Å². The van der Waals surface area contributed by atoms with Gasteiger partial charge >= 0.3 is 0 Å². The molecule has 4 atom stereocenters. The Morgan fingerprint density at radius 2 is 1.74 bits per heavy atom. The lowest BCUT2D eigenvalue weighted by molar-refractivity contribution is -0.122. The number of nitrogens with two attached hydrogens (primary N) is 1. The van der Waals surface area contributed by atoms with Crippen LogP contribution in [0.15, 0.2) is 35.2 Å². The minimum absolute atomic E-state index is 0.0188. The van der Waals surface area contributed by atoms with Crippen LogP contribution in [0, 0.1) is 29.3 Å². The van der Waals surface area contributed by atoms with Crippen LogP contribution in [0.2, 0.25) is 5.02 Å². The van der Waals surface area contributed by atoms with Crippen LogP contribution < -0.4 is 16.4 Å². The van der Waals surface area contributed by atoms with E-state index in [4.69, 9.17) is 17.3 Å². The maximum atomic E-state index is 13.5. The third-order valence-corrected chi connectivity index (χ3v) is 8.61. The van der Waals surface area contributed by atoms with Gasteiger partial charge in [0.1, 0.15) is 0 Å². The molecule has 0 aromatic heterocycles. The molecule has 35 heavy (non-hydrogen) atoms. The van der Waals surface area contributed by atoms with Crippen molar-refractivity contribution >= 4 is 40.9 Å². The smallest absolute Gasteiger partial charge is 0.255 e. The van der Waals surface area contributed by atoms with E-state index in [1.54, 1.807) is 12.1 Å². The maximum absolute atomic E-state index is 13.5. The summed E-state index contributed by atoms with van der Waals surface area (Å²) in [5.74, 6) is -5.30. The molecular formula is C24H25ClF3N3O3S. The third kappa shape index (κ3) is 5.45. The Balaban J connectivity index is 1.44. The van der Waals surface area contributed by atoms with Crippen LogP contribution in [0.25, 0.3) is 0 Å². The average Bonchev–Trinajstić information content (AvgIpc) is 2.98. The molecule has 5 N–H and O–H groups in total. The second-order valence-corrected chi connectivity index (χ2v) is 10.8. The zero-order valence-corrected chi connectivity index (χ0v) is 20.2. The fourth-order valence-corrected chi connectivity index (χ4v) is 6.70. The minimum Gasteiger partial charge on any atom is -0.387 e. The topological polar surface area (TPSA) is 104 Å². The summed E-state index contributed by atoms with van der Waals surface area (Å²) in [4.78, 5) is 24.9. The van der Waals surface area contributed by atoms with Crippen LogP contribution in [0.1, 0.15) is 36.0 Å². The van der Waals surface area contributed by atoms with E-state index in [1.165, 1.54) is 17.8 Å². The summed E-state index contributed by atoms with van der Waals surface area (Å²) in [6.07, 6.45) is 3.16. The number of carbonyl (C=O) groups is 2. The van der Waals surface area contributed by atoms with E-state index in [-0.39, 0.29) is 47.3 Å². The highest BCUT2D eigenvalue weighted by molar-refractivity contribution is 8.00. The molecule has 2 amide bonds. The zero-order chi connectivity index (χ0) is 25.3. The Bertz CT molecular complexity index is 1120. The quantitative estimate of drug-likeness (QED) is 0.406. The van der Waals surface area contributed by atoms with Gasteiger partial charge in [-0.3, -0.25) is 9.59 Å². The van der Waals surface area contributed by atoms with Crippen molar-refractivity contribution in [3.63, 3.8) is 0 Å². The number of aliphatic hydroxyl groups is 1. The van der Waals surface area contributed by atoms with E-state index in [0.29, 0.717) is 22.1 Å². The van der Waals surface area contributed by atoms with Crippen molar-refractivity contribution in [2.75, 3.05) is 18.4 Å². The highest BCUT2D eigenvalue weighted by Gasteiger charge is 2.53. The summed E-state index contributed by atoms with van der Waals surface area (Å²) >= 11 is 7.90. The summed E-state index contributed by atoms with van der Waals surface area (Å²) in [6, 6.07) is 6.07. The molecule has 6 nitrogen and oxygen atoms in total. The van der Waals surface area contributed by atoms with Gasteiger partial charge in [-0.05, 0) is 55.7 Å². The summed E-state index contributed by atoms with van der Waals surface area (Å²) in [5, 5.41) is 16.9. The van der Waals surface area contributed by atoms with E-state index in [9.17, 15) is 27.9 Å². The molecule has 11 heteroatoms. The molecule has 2 aliphatic rings. The minimum atomic E-state index is -1.61. The van der Waals surface area contributed by atoms with Crippen LogP contribution in [-0.4, -0.2) is 40.9 Å². The Morgan fingerprint density at radius 1 is 1.11 bits per heavy atom. The Kier molecular flexibility index (Phi) is 7.65. The summed E-state index contributed by atoms with van der Waals surface area (Å²) in [5.41, 5.74) is 4.40. The van der Waals surface area contributed by atoms with Gasteiger partial charge in [0.25, 0.3) is 5.91 Å². The molecule has 0 heterocycles. The number of hydrogen-bond donors (Lipinski definition) is 4. The number of nitrogens with one attached hydrogen (secondary N) is 2. The molecule has 2 aromatic carbocycles. The number of rotatable bonds is 7. The summed E-state index contributed by atoms with van der Waals surface area (Å²) in [6.45, 7) is 0.0497. The lowest BCUT2D eigenvalue weighted by Crippen LogP contribution is -2.54. The largest absolute Gasteiger partial charge is 0.387 e. The molecule has 0 spiro atoms. The van der Waals surface area contributed by atoms with Gasteiger partial charge in [-0.1, -0.05) is 11.6 Å². The number of thioether (sulfide) groups is 1. The molecule has 0 aliphatic heterocycles. The number of halogens is 4. The van der Waals surface area contributed by atoms with E-state index >= 15 is 0 Å². The zero-order valence-electron chi connectivity index (χ0n) is 18.6. The van der Waals surface area contributed by atoms with E-state index < -0.39 is 29.0 Å². The molecule has 2 aliphatic carbocycles. The molecule has 2 fully saturated rings. The standard InChI is InChI=1S/C24H25ClF3N3O3S/c25-17-4-1-12(23(33)31-15-8-18(26)22(28)19(27)9-15)5-20(17)35-16-6-13-2-3-14(7-16)24(13,34)11-30-21(32)10-29/h1,4-5,8-9,13-14,16,34H,2-3,6-7,10-11,29H2,(H,30,32)(H,31,33)/t13-,14?,16-,24-/m0/s1.